The van der Waals surface area contributed by atoms with E-state index in [2.05, 4.69) is 0 Å². The fraction of sp³-hybridized carbons (Fsp3) is 0.462. The first-order valence-electron chi connectivity index (χ1n) is 11.5. The molecule has 2 aliphatic heterocycles. The van der Waals surface area contributed by atoms with E-state index < -0.39 is 46.5 Å². The summed E-state index contributed by atoms with van der Waals surface area (Å²) in [5, 5.41) is 0. The molecule has 0 aromatic heterocycles. The lowest BCUT2D eigenvalue weighted by molar-refractivity contribution is -0.00847. The molecule has 0 aliphatic carbocycles. The highest BCUT2D eigenvalue weighted by Crippen LogP contribution is 2.44. The zero-order chi connectivity index (χ0) is 23.7. The van der Waals surface area contributed by atoms with E-state index in [4.69, 9.17) is 9.47 Å². The highest BCUT2D eigenvalue weighted by molar-refractivity contribution is 5.66. The molecule has 33 heavy (non-hydrogen) atoms. The van der Waals surface area contributed by atoms with Gasteiger partial charge < -0.3 is 9.47 Å². The number of hydrogen-bond acceptors (Lipinski definition) is 2. The Balaban J connectivity index is 1.64. The first-order valence-corrected chi connectivity index (χ1v) is 11.5. The van der Waals surface area contributed by atoms with Gasteiger partial charge in [-0.15, -0.1) is 0 Å². The van der Waals surface area contributed by atoms with E-state index in [-0.39, 0.29) is 30.1 Å². The van der Waals surface area contributed by atoms with Crippen LogP contribution in [-0.4, -0.2) is 12.7 Å². The van der Waals surface area contributed by atoms with Crippen molar-refractivity contribution in [3.63, 3.8) is 0 Å². The van der Waals surface area contributed by atoms with Crippen molar-refractivity contribution in [1.82, 2.24) is 0 Å². The summed E-state index contributed by atoms with van der Waals surface area (Å²) in [7, 11) is 0. The number of aryl methyl sites for hydroxylation is 1. The SMILES string of the molecule is CCCc1ccc2c(c1F)Oc1c(cc(/C(F)=C(\F)C3CCC(CCC)CO3)c(F)c1F)C2. The van der Waals surface area contributed by atoms with Crippen LogP contribution in [-0.2, 0) is 17.6 Å². The predicted molar refractivity (Wildman–Crippen MR) is 116 cm³/mol. The van der Waals surface area contributed by atoms with E-state index >= 15 is 0 Å². The molecule has 0 saturated carbocycles. The van der Waals surface area contributed by atoms with E-state index in [1.807, 2.05) is 13.8 Å². The van der Waals surface area contributed by atoms with Crippen molar-refractivity contribution in [2.45, 2.75) is 64.9 Å². The fourth-order valence-corrected chi connectivity index (χ4v) is 4.63. The van der Waals surface area contributed by atoms with Crippen LogP contribution in [0.1, 0.15) is 68.2 Å². The second-order valence-corrected chi connectivity index (χ2v) is 8.81. The summed E-state index contributed by atoms with van der Waals surface area (Å²) < 4.78 is 85.1. The molecule has 4 rings (SSSR count). The molecule has 0 N–H and O–H groups in total. The molecule has 0 spiro atoms. The molecule has 1 saturated heterocycles. The lowest BCUT2D eigenvalue weighted by atomic mass is 9.93. The molecule has 7 heteroatoms. The van der Waals surface area contributed by atoms with Crippen LogP contribution >= 0.6 is 0 Å². The van der Waals surface area contributed by atoms with Crippen LogP contribution in [0.3, 0.4) is 0 Å². The average molecular weight is 466 g/mol. The van der Waals surface area contributed by atoms with Crippen LogP contribution in [0.25, 0.3) is 5.83 Å². The van der Waals surface area contributed by atoms with E-state index in [9.17, 15) is 22.0 Å². The summed E-state index contributed by atoms with van der Waals surface area (Å²) >= 11 is 0. The monoisotopic (exact) mass is 466 g/mol. The number of halogens is 5. The van der Waals surface area contributed by atoms with Crippen LogP contribution in [0.15, 0.2) is 24.0 Å². The van der Waals surface area contributed by atoms with Crippen LogP contribution in [0, 0.1) is 23.4 Å². The number of ether oxygens (including phenoxy) is 2. The smallest absolute Gasteiger partial charge is 0.202 e. The molecular formula is C26H27F5O2. The average Bonchev–Trinajstić information content (AvgIpc) is 2.82. The summed E-state index contributed by atoms with van der Waals surface area (Å²) in [6.07, 6.45) is 2.92. The molecular weight excluding hydrogens is 439 g/mol. The van der Waals surface area contributed by atoms with Crippen LogP contribution in [0.4, 0.5) is 22.0 Å². The first-order chi connectivity index (χ1) is 15.8. The molecule has 2 unspecified atom stereocenters. The molecule has 1 fully saturated rings. The number of fused-ring (bicyclic) bond motifs is 2. The number of hydrogen-bond donors (Lipinski definition) is 0. The maximum absolute atomic E-state index is 15.0. The van der Waals surface area contributed by atoms with Crippen molar-refractivity contribution in [1.29, 1.82) is 0 Å². The zero-order valence-electron chi connectivity index (χ0n) is 18.7. The Labute approximate surface area is 190 Å². The predicted octanol–water partition coefficient (Wildman–Crippen LogP) is 7.96. The third-order valence-electron chi connectivity index (χ3n) is 6.40. The Morgan fingerprint density at radius 3 is 2.36 bits per heavy atom. The maximum atomic E-state index is 15.0. The molecule has 2 nitrogen and oxygen atoms in total. The summed E-state index contributed by atoms with van der Waals surface area (Å²) in [5.41, 5.74) is 0.147. The number of benzene rings is 2. The van der Waals surface area contributed by atoms with Gasteiger partial charge in [0.1, 0.15) is 6.10 Å². The standard InChI is InChI=1S/C26H27F5O2/c1-3-5-14-7-10-19(32-13-14)23(30)21(28)18-12-17-11-16-9-8-15(6-4-2)20(27)25(16)33-26(17)24(31)22(18)29/h8-9,12,14,19H,3-7,10-11,13H2,1-2H3/b23-21+. The largest absolute Gasteiger partial charge is 0.450 e. The van der Waals surface area contributed by atoms with Gasteiger partial charge in [-0.1, -0.05) is 38.8 Å². The molecule has 0 amide bonds. The number of rotatable bonds is 6. The van der Waals surface area contributed by atoms with Gasteiger partial charge in [-0.3, -0.25) is 0 Å². The lowest BCUT2D eigenvalue weighted by Gasteiger charge is -2.28. The lowest BCUT2D eigenvalue weighted by Crippen LogP contribution is -2.26. The fourth-order valence-electron chi connectivity index (χ4n) is 4.63. The summed E-state index contributed by atoms with van der Waals surface area (Å²) in [5.74, 6) is -6.75. The molecule has 0 bridgehead atoms. The normalized spacial score (nSPS) is 20.6. The van der Waals surface area contributed by atoms with Gasteiger partial charge in [0.15, 0.2) is 34.8 Å². The molecule has 2 atom stereocenters. The molecule has 2 aromatic carbocycles. The zero-order valence-corrected chi connectivity index (χ0v) is 18.7. The Bertz CT molecular complexity index is 1070. The minimum atomic E-state index is -1.57. The molecule has 2 aromatic rings. The van der Waals surface area contributed by atoms with Gasteiger partial charge in [0, 0.05) is 17.5 Å². The van der Waals surface area contributed by atoms with Crippen molar-refractivity contribution >= 4 is 5.83 Å². The Kier molecular flexibility index (Phi) is 7.07. The Hall–Kier alpha value is -2.41. The van der Waals surface area contributed by atoms with Gasteiger partial charge in [0.05, 0.1) is 12.2 Å². The minimum absolute atomic E-state index is 0.00567. The van der Waals surface area contributed by atoms with Crippen LogP contribution < -0.4 is 4.74 Å². The third-order valence-corrected chi connectivity index (χ3v) is 6.40. The van der Waals surface area contributed by atoms with Gasteiger partial charge in [0.2, 0.25) is 5.82 Å². The van der Waals surface area contributed by atoms with E-state index in [0.29, 0.717) is 37.0 Å². The van der Waals surface area contributed by atoms with Crippen molar-refractivity contribution in [2.24, 2.45) is 5.92 Å². The Morgan fingerprint density at radius 1 is 0.939 bits per heavy atom. The topological polar surface area (TPSA) is 18.5 Å². The summed E-state index contributed by atoms with van der Waals surface area (Å²) in [6, 6.07) is 4.31. The van der Waals surface area contributed by atoms with Gasteiger partial charge in [0.25, 0.3) is 0 Å². The molecule has 0 radical (unpaired) electrons. The Morgan fingerprint density at radius 2 is 1.70 bits per heavy atom. The van der Waals surface area contributed by atoms with Crippen molar-refractivity contribution in [2.75, 3.05) is 6.61 Å². The molecule has 2 heterocycles. The van der Waals surface area contributed by atoms with Crippen molar-refractivity contribution in [3.05, 3.63) is 63.7 Å². The summed E-state index contributed by atoms with van der Waals surface area (Å²) in [4.78, 5) is 0. The van der Waals surface area contributed by atoms with Crippen LogP contribution in [0.2, 0.25) is 0 Å². The molecule has 178 valence electrons. The highest BCUT2D eigenvalue weighted by atomic mass is 19.2. The van der Waals surface area contributed by atoms with E-state index in [1.54, 1.807) is 12.1 Å². The summed E-state index contributed by atoms with van der Waals surface area (Å²) in [6.45, 7) is 4.24. The first kappa shape index (κ1) is 23.7. The highest BCUT2D eigenvalue weighted by Gasteiger charge is 2.32. The second kappa shape index (κ2) is 9.84. The quantitative estimate of drug-likeness (QED) is 0.343. The van der Waals surface area contributed by atoms with Gasteiger partial charge in [-0.05, 0) is 43.2 Å². The van der Waals surface area contributed by atoms with E-state index in [1.165, 1.54) is 0 Å². The van der Waals surface area contributed by atoms with Gasteiger partial charge in [-0.2, -0.15) is 4.39 Å². The van der Waals surface area contributed by atoms with Crippen molar-refractivity contribution in [3.8, 4) is 11.5 Å². The van der Waals surface area contributed by atoms with Crippen molar-refractivity contribution < 1.29 is 31.4 Å². The molecule has 2 aliphatic rings. The van der Waals surface area contributed by atoms with Gasteiger partial charge in [-0.25, -0.2) is 17.6 Å². The van der Waals surface area contributed by atoms with Crippen LogP contribution in [0.5, 0.6) is 11.5 Å². The minimum Gasteiger partial charge on any atom is -0.450 e. The maximum Gasteiger partial charge on any atom is 0.202 e. The second-order valence-electron chi connectivity index (χ2n) is 8.81. The van der Waals surface area contributed by atoms with Gasteiger partial charge >= 0.3 is 0 Å². The third kappa shape index (κ3) is 4.52. The van der Waals surface area contributed by atoms with E-state index in [0.717, 1.165) is 18.9 Å².